The van der Waals surface area contributed by atoms with Gasteiger partial charge < -0.3 is 5.11 Å². The van der Waals surface area contributed by atoms with E-state index >= 15 is 0 Å². The van der Waals surface area contributed by atoms with Gasteiger partial charge in [0.25, 0.3) is 0 Å². The van der Waals surface area contributed by atoms with Crippen molar-refractivity contribution in [2.45, 2.75) is 32.6 Å². The van der Waals surface area contributed by atoms with Crippen LogP contribution in [0.25, 0.3) is 0 Å². The number of carbonyl (C=O) groups is 2. The van der Waals surface area contributed by atoms with E-state index in [0.29, 0.717) is 5.56 Å². The highest BCUT2D eigenvalue weighted by atomic mass is 16.4. The minimum absolute atomic E-state index is 0.0112. The SMILES string of the molecule is Cc1ccc(C=O)c(C(C)(C)CC(=O)O)c1. The van der Waals surface area contributed by atoms with Gasteiger partial charge in [-0.15, -0.1) is 0 Å². The zero-order valence-corrected chi connectivity index (χ0v) is 9.78. The second-order valence-corrected chi connectivity index (χ2v) is 4.66. The van der Waals surface area contributed by atoms with Crippen LogP contribution < -0.4 is 0 Å². The van der Waals surface area contributed by atoms with Crippen LogP contribution in [0, 0.1) is 6.92 Å². The number of hydrogen-bond acceptors (Lipinski definition) is 2. The lowest BCUT2D eigenvalue weighted by molar-refractivity contribution is -0.138. The molecule has 86 valence electrons. The van der Waals surface area contributed by atoms with Crippen LogP contribution in [0.1, 0.15) is 41.8 Å². The van der Waals surface area contributed by atoms with Crippen LogP contribution in [-0.2, 0) is 10.2 Å². The molecule has 16 heavy (non-hydrogen) atoms. The first kappa shape index (κ1) is 12.4. The third-order valence-corrected chi connectivity index (χ3v) is 2.66. The fourth-order valence-electron chi connectivity index (χ4n) is 1.83. The first-order chi connectivity index (χ1) is 7.36. The lowest BCUT2D eigenvalue weighted by Gasteiger charge is -2.25. The molecule has 0 aromatic heterocycles. The van der Waals surface area contributed by atoms with Gasteiger partial charge in [-0.25, -0.2) is 0 Å². The van der Waals surface area contributed by atoms with E-state index in [1.165, 1.54) is 0 Å². The molecule has 0 amide bonds. The summed E-state index contributed by atoms with van der Waals surface area (Å²) in [5.74, 6) is -0.858. The Morgan fingerprint density at radius 2 is 2.06 bits per heavy atom. The summed E-state index contributed by atoms with van der Waals surface area (Å²) in [7, 11) is 0. The Bertz CT molecular complexity index is 419. The van der Waals surface area contributed by atoms with Crippen molar-refractivity contribution < 1.29 is 14.7 Å². The van der Waals surface area contributed by atoms with Crippen molar-refractivity contribution >= 4 is 12.3 Å². The van der Waals surface area contributed by atoms with E-state index in [1.807, 2.05) is 32.9 Å². The molecule has 0 spiro atoms. The molecule has 0 saturated carbocycles. The Kier molecular flexibility index (Phi) is 3.48. The van der Waals surface area contributed by atoms with Crippen molar-refractivity contribution in [3.8, 4) is 0 Å². The highest BCUT2D eigenvalue weighted by Crippen LogP contribution is 2.30. The quantitative estimate of drug-likeness (QED) is 0.793. The van der Waals surface area contributed by atoms with Gasteiger partial charge in [-0.2, -0.15) is 0 Å². The molecule has 0 unspecified atom stereocenters. The predicted octanol–water partition coefficient (Wildman–Crippen LogP) is 2.56. The van der Waals surface area contributed by atoms with Crippen LogP contribution >= 0.6 is 0 Å². The molecule has 1 N–H and O–H groups in total. The number of hydrogen-bond donors (Lipinski definition) is 1. The van der Waals surface area contributed by atoms with E-state index in [0.717, 1.165) is 17.4 Å². The minimum atomic E-state index is -0.858. The van der Waals surface area contributed by atoms with E-state index in [2.05, 4.69) is 0 Å². The molecule has 0 aliphatic heterocycles. The first-order valence-corrected chi connectivity index (χ1v) is 5.15. The summed E-state index contributed by atoms with van der Waals surface area (Å²) in [6.07, 6.45) is 0.787. The van der Waals surface area contributed by atoms with Crippen LogP contribution in [0.3, 0.4) is 0 Å². The Hall–Kier alpha value is -1.64. The van der Waals surface area contributed by atoms with Crippen LogP contribution in [0.5, 0.6) is 0 Å². The highest BCUT2D eigenvalue weighted by molar-refractivity contribution is 5.79. The lowest BCUT2D eigenvalue weighted by atomic mass is 9.78. The zero-order chi connectivity index (χ0) is 12.3. The molecule has 1 rings (SSSR count). The van der Waals surface area contributed by atoms with Crippen LogP contribution in [0.2, 0.25) is 0 Å². The van der Waals surface area contributed by atoms with Gasteiger partial charge in [-0.05, 0) is 12.5 Å². The molecule has 1 aromatic rings. The van der Waals surface area contributed by atoms with Gasteiger partial charge in [0.05, 0.1) is 6.42 Å². The molecule has 0 fully saturated rings. The number of benzene rings is 1. The average molecular weight is 220 g/mol. The van der Waals surface area contributed by atoms with Crippen molar-refractivity contribution in [2.75, 3.05) is 0 Å². The second kappa shape index (κ2) is 4.47. The zero-order valence-electron chi connectivity index (χ0n) is 9.78. The molecule has 0 aliphatic carbocycles. The molecule has 0 bridgehead atoms. The predicted molar refractivity (Wildman–Crippen MR) is 61.8 cm³/mol. The summed E-state index contributed by atoms with van der Waals surface area (Å²) in [5.41, 5.74) is 1.86. The number of carboxylic acids is 1. The standard InChI is InChI=1S/C13H16O3/c1-9-4-5-10(8-14)11(6-9)13(2,3)7-12(15)16/h4-6,8H,7H2,1-3H3,(H,15,16). The molecule has 0 saturated heterocycles. The number of carboxylic acid groups (broad SMARTS) is 1. The van der Waals surface area contributed by atoms with Crippen molar-refractivity contribution in [2.24, 2.45) is 0 Å². The van der Waals surface area contributed by atoms with E-state index in [9.17, 15) is 9.59 Å². The summed E-state index contributed by atoms with van der Waals surface area (Å²) in [4.78, 5) is 21.7. The van der Waals surface area contributed by atoms with Crippen LogP contribution in [-0.4, -0.2) is 17.4 Å². The van der Waals surface area contributed by atoms with Gasteiger partial charge >= 0.3 is 5.97 Å². The van der Waals surface area contributed by atoms with Crippen LogP contribution in [0.4, 0.5) is 0 Å². The monoisotopic (exact) mass is 220 g/mol. The molecule has 0 atom stereocenters. The van der Waals surface area contributed by atoms with Gasteiger partial charge in [0.2, 0.25) is 0 Å². The summed E-state index contributed by atoms with van der Waals surface area (Å²) in [6.45, 7) is 5.60. The molecular formula is C13H16O3. The van der Waals surface area contributed by atoms with Gasteiger partial charge in [0.1, 0.15) is 6.29 Å². The average Bonchev–Trinajstić information content (AvgIpc) is 2.15. The molecule has 3 heteroatoms. The maximum Gasteiger partial charge on any atom is 0.304 e. The summed E-state index contributed by atoms with van der Waals surface area (Å²) in [6, 6.07) is 5.47. The maximum atomic E-state index is 10.9. The number of aldehydes is 1. The largest absolute Gasteiger partial charge is 0.481 e. The van der Waals surface area contributed by atoms with E-state index in [4.69, 9.17) is 5.11 Å². The summed E-state index contributed by atoms with van der Waals surface area (Å²) in [5, 5.41) is 8.85. The van der Waals surface area contributed by atoms with Crippen molar-refractivity contribution in [3.05, 3.63) is 34.9 Å². The molecule has 3 nitrogen and oxygen atoms in total. The summed E-state index contributed by atoms with van der Waals surface area (Å²) >= 11 is 0. The highest BCUT2D eigenvalue weighted by Gasteiger charge is 2.26. The van der Waals surface area contributed by atoms with Crippen molar-refractivity contribution in [1.82, 2.24) is 0 Å². The Morgan fingerprint density at radius 3 is 2.56 bits per heavy atom. The third kappa shape index (κ3) is 2.69. The molecule has 0 radical (unpaired) electrons. The Balaban J connectivity index is 3.24. The topological polar surface area (TPSA) is 54.4 Å². The fraction of sp³-hybridized carbons (Fsp3) is 0.385. The molecule has 0 heterocycles. The van der Waals surface area contributed by atoms with Gasteiger partial charge in [0.15, 0.2) is 0 Å². The van der Waals surface area contributed by atoms with Crippen LogP contribution in [0.15, 0.2) is 18.2 Å². The van der Waals surface area contributed by atoms with E-state index in [1.54, 1.807) is 6.07 Å². The number of aryl methyl sites for hydroxylation is 1. The molecular weight excluding hydrogens is 204 g/mol. The van der Waals surface area contributed by atoms with E-state index < -0.39 is 11.4 Å². The first-order valence-electron chi connectivity index (χ1n) is 5.15. The third-order valence-electron chi connectivity index (χ3n) is 2.66. The number of rotatable bonds is 4. The lowest BCUT2D eigenvalue weighted by Crippen LogP contribution is -2.23. The normalized spacial score (nSPS) is 11.2. The van der Waals surface area contributed by atoms with Gasteiger partial charge in [-0.3, -0.25) is 9.59 Å². The van der Waals surface area contributed by atoms with Crippen molar-refractivity contribution in [1.29, 1.82) is 0 Å². The number of carbonyl (C=O) groups excluding carboxylic acids is 1. The minimum Gasteiger partial charge on any atom is -0.481 e. The van der Waals surface area contributed by atoms with Gasteiger partial charge in [-0.1, -0.05) is 37.6 Å². The smallest absolute Gasteiger partial charge is 0.304 e. The molecule has 1 aromatic carbocycles. The second-order valence-electron chi connectivity index (χ2n) is 4.66. The Labute approximate surface area is 95.1 Å². The number of aliphatic carboxylic acids is 1. The van der Waals surface area contributed by atoms with Gasteiger partial charge in [0, 0.05) is 11.0 Å². The Morgan fingerprint density at radius 1 is 1.44 bits per heavy atom. The fourth-order valence-corrected chi connectivity index (χ4v) is 1.83. The summed E-state index contributed by atoms with van der Waals surface area (Å²) < 4.78 is 0. The van der Waals surface area contributed by atoms with E-state index in [-0.39, 0.29) is 6.42 Å². The maximum absolute atomic E-state index is 10.9. The molecule has 0 aliphatic rings. The van der Waals surface area contributed by atoms with Crippen molar-refractivity contribution in [3.63, 3.8) is 0 Å².